The van der Waals surface area contributed by atoms with Crippen molar-refractivity contribution in [2.24, 2.45) is 0 Å². The molecule has 0 atom stereocenters. The van der Waals surface area contributed by atoms with Crippen molar-refractivity contribution in [1.82, 2.24) is 0 Å². The van der Waals surface area contributed by atoms with Gasteiger partial charge in [0, 0.05) is 7.14 Å². The molecule has 0 N–H and O–H groups in total. The van der Waals surface area contributed by atoms with Crippen LogP contribution in [-0.4, -0.2) is 0 Å². The Morgan fingerprint density at radius 1 is 0.867 bits per heavy atom. The van der Waals surface area contributed by atoms with Gasteiger partial charge in [-0.05, 0) is 80.9 Å². The molecule has 2 rings (SSSR count). The zero-order chi connectivity index (χ0) is 10.8. The largest absolute Gasteiger partial charge is 0.0622 e. The Morgan fingerprint density at radius 2 is 1.53 bits per heavy atom. The van der Waals surface area contributed by atoms with Gasteiger partial charge >= 0.3 is 0 Å². The summed E-state index contributed by atoms with van der Waals surface area (Å²) >= 11 is 4.79. The Morgan fingerprint density at radius 3 is 2.20 bits per heavy atom. The molecule has 0 fully saturated rings. The van der Waals surface area contributed by atoms with E-state index < -0.39 is 0 Å². The summed E-state index contributed by atoms with van der Waals surface area (Å²) in [6.07, 6.45) is 0. The minimum Gasteiger partial charge on any atom is -0.0622 e. The number of hydrogen-bond donors (Lipinski definition) is 0. The number of aryl methyl sites for hydroxylation is 1. The van der Waals surface area contributed by atoms with Gasteiger partial charge < -0.3 is 0 Å². The van der Waals surface area contributed by atoms with Crippen LogP contribution in [0.1, 0.15) is 5.56 Å². The zero-order valence-corrected chi connectivity index (χ0v) is 12.6. The smallest absolute Gasteiger partial charge is 0.0212 e. The van der Waals surface area contributed by atoms with Gasteiger partial charge in [0.1, 0.15) is 0 Å². The molecule has 76 valence electrons. The average Bonchev–Trinajstić information content (AvgIpc) is 2.25. The predicted molar refractivity (Wildman–Crippen MR) is 82.0 cm³/mol. The van der Waals surface area contributed by atoms with Crippen molar-refractivity contribution in [1.29, 1.82) is 0 Å². The first-order chi connectivity index (χ1) is 7.18. The van der Waals surface area contributed by atoms with Gasteiger partial charge in [0.15, 0.2) is 0 Å². The standard InChI is InChI=1S/C13H10I2/c1-9-7-13(15)11(8-12(9)14)10-5-3-2-4-6-10/h2-8H,1H3. The van der Waals surface area contributed by atoms with E-state index in [0.717, 1.165) is 0 Å². The first-order valence-electron chi connectivity index (χ1n) is 4.69. The molecule has 0 aliphatic carbocycles. The van der Waals surface area contributed by atoms with Crippen LogP contribution in [0.25, 0.3) is 11.1 Å². The first-order valence-corrected chi connectivity index (χ1v) is 6.85. The third kappa shape index (κ3) is 2.53. The highest BCUT2D eigenvalue weighted by Crippen LogP contribution is 2.28. The highest BCUT2D eigenvalue weighted by Gasteiger charge is 2.05. The highest BCUT2D eigenvalue weighted by atomic mass is 127. The van der Waals surface area contributed by atoms with Gasteiger partial charge in [-0.3, -0.25) is 0 Å². The predicted octanol–water partition coefficient (Wildman–Crippen LogP) is 4.87. The van der Waals surface area contributed by atoms with Crippen molar-refractivity contribution >= 4 is 45.2 Å². The van der Waals surface area contributed by atoms with Crippen molar-refractivity contribution in [2.75, 3.05) is 0 Å². The van der Waals surface area contributed by atoms with Crippen molar-refractivity contribution in [2.45, 2.75) is 6.92 Å². The minimum atomic E-state index is 1.29. The lowest BCUT2D eigenvalue weighted by Crippen LogP contribution is -1.87. The fourth-order valence-electron chi connectivity index (χ4n) is 1.49. The van der Waals surface area contributed by atoms with Crippen LogP contribution < -0.4 is 0 Å². The molecule has 2 aromatic rings. The second kappa shape index (κ2) is 4.82. The minimum absolute atomic E-state index is 1.29. The summed E-state index contributed by atoms with van der Waals surface area (Å²) in [4.78, 5) is 0. The molecule has 2 aromatic carbocycles. The quantitative estimate of drug-likeness (QED) is 0.578. The summed E-state index contributed by atoms with van der Waals surface area (Å²) in [7, 11) is 0. The van der Waals surface area contributed by atoms with Crippen molar-refractivity contribution in [3.63, 3.8) is 0 Å². The van der Waals surface area contributed by atoms with Gasteiger partial charge in [0.25, 0.3) is 0 Å². The van der Waals surface area contributed by atoms with Gasteiger partial charge in [0.2, 0.25) is 0 Å². The number of halogens is 2. The SMILES string of the molecule is Cc1cc(I)c(-c2ccccc2)cc1I. The van der Waals surface area contributed by atoms with Gasteiger partial charge in [-0.25, -0.2) is 0 Å². The number of benzene rings is 2. The fraction of sp³-hybridized carbons (Fsp3) is 0.0769. The van der Waals surface area contributed by atoms with E-state index in [9.17, 15) is 0 Å². The molecule has 0 nitrogen and oxygen atoms in total. The molecular formula is C13H10I2. The summed E-state index contributed by atoms with van der Waals surface area (Å²) in [5.41, 5.74) is 3.96. The molecule has 0 saturated heterocycles. The Balaban J connectivity index is 2.59. The Labute approximate surface area is 117 Å². The molecule has 0 aliphatic rings. The van der Waals surface area contributed by atoms with Gasteiger partial charge in [-0.2, -0.15) is 0 Å². The van der Waals surface area contributed by atoms with Gasteiger partial charge in [0.05, 0.1) is 0 Å². The maximum Gasteiger partial charge on any atom is 0.0212 e. The number of rotatable bonds is 1. The number of hydrogen-bond acceptors (Lipinski definition) is 0. The Bertz CT molecular complexity index is 475. The lowest BCUT2D eigenvalue weighted by Gasteiger charge is -2.07. The normalized spacial score (nSPS) is 10.3. The molecule has 0 radical (unpaired) electrons. The van der Waals surface area contributed by atoms with Crippen LogP contribution in [-0.2, 0) is 0 Å². The summed E-state index contributed by atoms with van der Waals surface area (Å²) in [6, 6.07) is 15.0. The Kier molecular flexibility index (Phi) is 3.66. The summed E-state index contributed by atoms with van der Waals surface area (Å²) in [6.45, 7) is 2.15. The van der Waals surface area contributed by atoms with Crippen LogP contribution in [0.5, 0.6) is 0 Å². The molecule has 0 aliphatic heterocycles. The van der Waals surface area contributed by atoms with E-state index in [0.29, 0.717) is 0 Å². The summed E-state index contributed by atoms with van der Waals surface area (Å²) in [5.74, 6) is 0. The van der Waals surface area contributed by atoms with E-state index in [2.05, 4.69) is 94.6 Å². The lowest BCUT2D eigenvalue weighted by atomic mass is 10.0. The van der Waals surface area contributed by atoms with E-state index in [1.165, 1.54) is 23.8 Å². The molecule has 0 spiro atoms. The van der Waals surface area contributed by atoms with Crippen molar-refractivity contribution in [3.05, 3.63) is 55.2 Å². The van der Waals surface area contributed by atoms with Gasteiger partial charge in [-0.15, -0.1) is 0 Å². The second-order valence-electron chi connectivity index (χ2n) is 3.45. The van der Waals surface area contributed by atoms with E-state index >= 15 is 0 Å². The van der Waals surface area contributed by atoms with E-state index in [1.807, 2.05) is 0 Å². The average molecular weight is 420 g/mol. The van der Waals surface area contributed by atoms with Crippen LogP contribution in [0.15, 0.2) is 42.5 Å². The molecular weight excluding hydrogens is 410 g/mol. The van der Waals surface area contributed by atoms with Crippen molar-refractivity contribution in [3.8, 4) is 11.1 Å². The third-order valence-electron chi connectivity index (χ3n) is 2.33. The summed E-state index contributed by atoms with van der Waals surface area (Å²) < 4.78 is 2.64. The first kappa shape index (κ1) is 11.4. The Hall–Kier alpha value is -0.100. The monoisotopic (exact) mass is 420 g/mol. The van der Waals surface area contributed by atoms with Crippen molar-refractivity contribution < 1.29 is 0 Å². The highest BCUT2D eigenvalue weighted by molar-refractivity contribution is 14.1. The molecule has 0 heterocycles. The molecule has 2 heteroatoms. The molecule has 0 unspecified atom stereocenters. The van der Waals surface area contributed by atoms with Gasteiger partial charge in [-0.1, -0.05) is 30.3 Å². The van der Waals surface area contributed by atoms with Crippen LogP contribution in [0, 0.1) is 14.1 Å². The molecule has 0 amide bonds. The summed E-state index contributed by atoms with van der Waals surface area (Å²) in [5, 5.41) is 0. The molecule has 15 heavy (non-hydrogen) atoms. The third-order valence-corrected chi connectivity index (χ3v) is 4.39. The second-order valence-corrected chi connectivity index (χ2v) is 5.77. The lowest BCUT2D eigenvalue weighted by molar-refractivity contribution is 1.40. The fourth-order valence-corrected chi connectivity index (χ4v) is 2.89. The van der Waals surface area contributed by atoms with Crippen LogP contribution in [0.2, 0.25) is 0 Å². The van der Waals surface area contributed by atoms with Crippen LogP contribution in [0.4, 0.5) is 0 Å². The molecule has 0 saturated carbocycles. The van der Waals surface area contributed by atoms with E-state index in [4.69, 9.17) is 0 Å². The molecule has 0 bridgehead atoms. The van der Waals surface area contributed by atoms with Crippen LogP contribution in [0.3, 0.4) is 0 Å². The molecule has 0 aromatic heterocycles. The zero-order valence-electron chi connectivity index (χ0n) is 8.30. The van der Waals surface area contributed by atoms with E-state index in [1.54, 1.807) is 0 Å². The van der Waals surface area contributed by atoms with E-state index in [-0.39, 0.29) is 0 Å². The topological polar surface area (TPSA) is 0 Å². The van der Waals surface area contributed by atoms with Crippen LogP contribution >= 0.6 is 45.2 Å². The maximum atomic E-state index is 2.40. The maximum absolute atomic E-state index is 2.40.